The van der Waals surface area contributed by atoms with Crippen LogP contribution in [0.1, 0.15) is 37.6 Å². The molecule has 1 aromatic carbocycles. The molecule has 2 aromatic heterocycles. The highest BCUT2D eigenvalue weighted by atomic mass is 32.2. The predicted octanol–water partition coefficient (Wildman–Crippen LogP) is 4.59. The second-order valence-electron chi connectivity index (χ2n) is 7.03. The Morgan fingerprint density at radius 3 is 2.50 bits per heavy atom. The Bertz CT molecular complexity index is 921. The van der Waals surface area contributed by atoms with Crippen molar-refractivity contribution in [2.75, 3.05) is 0 Å². The predicted molar refractivity (Wildman–Crippen MR) is 101 cm³/mol. The van der Waals surface area contributed by atoms with E-state index in [0.717, 1.165) is 16.9 Å². The first-order valence-corrected chi connectivity index (χ1v) is 9.04. The van der Waals surface area contributed by atoms with E-state index >= 15 is 0 Å². The largest absolute Gasteiger partial charge is 0.269 e. The first kappa shape index (κ1) is 16.8. The van der Waals surface area contributed by atoms with E-state index in [1.54, 1.807) is 28.4 Å². The molecule has 3 nitrogen and oxygen atoms in total. The van der Waals surface area contributed by atoms with Crippen molar-refractivity contribution in [2.45, 2.75) is 43.8 Å². The topological polar surface area (TPSA) is 34.4 Å². The van der Waals surface area contributed by atoms with Gasteiger partial charge < -0.3 is 0 Å². The molecule has 0 atom stereocenters. The maximum Gasteiger partial charge on any atom is 0.258 e. The Balaban J connectivity index is 1.81. The molecule has 4 heteroatoms. The van der Waals surface area contributed by atoms with E-state index in [9.17, 15) is 4.79 Å². The van der Waals surface area contributed by atoms with Crippen molar-refractivity contribution in [2.24, 2.45) is 0 Å². The van der Waals surface area contributed by atoms with E-state index in [4.69, 9.17) is 0 Å². The summed E-state index contributed by atoms with van der Waals surface area (Å²) in [6.07, 6.45) is 1.76. The van der Waals surface area contributed by atoms with Crippen molar-refractivity contribution in [3.05, 3.63) is 75.8 Å². The summed E-state index contributed by atoms with van der Waals surface area (Å²) in [5.41, 5.74) is 4.03. The van der Waals surface area contributed by atoms with Gasteiger partial charge in [-0.25, -0.2) is 4.98 Å². The lowest BCUT2D eigenvalue weighted by Gasteiger charge is -2.19. The number of thioether (sulfide) groups is 1. The molecule has 3 aromatic rings. The van der Waals surface area contributed by atoms with Gasteiger partial charge in [-0.05, 0) is 41.7 Å². The Kier molecular flexibility index (Phi) is 4.50. The quantitative estimate of drug-likeness (QED) is 0.655. The summed E-state index contributed by atoms with van der Waals surface area (Å²) in [5.74, 6) is 0.689. The fourth-order valence-electron chi connectivity index (χ4n) is 2.59. The van der Waals surface area contributed by atoms with Gasteiger partial charge in [0.2, 0.25) is 0 Å². The summed E-state index contributed by atoms with van der Waals surface area (Å²) in [6, 6.07) is 14.1. The van der Waals surface area contributed by atoms with E-state index in [0.29, 0.717) is 5.75 Å². The second-order valence-corrected chi connectivity index (χ2v) is 8.08. The molecule has 0 aliphatic rings. The number of benzene rings is 1. The molecule has 0 aliphatic heterocycles. The van der Waals surface area contributed by atoms with Crippen LogP contribution in [0.3, 0.4) is 0 Å². The molecule has 0 aliphatic carbocycles. The summed E-state index contributed by atoms with van der Waals surface area (Å²) < 4.78 is 1.60. The van der Waals surface area contributed by atoms with Gasteiger partial charge in [0, 0.05) is 22.9 Å². The molecule has 0 radical (unpaired) electrons. The second kappa shape index (κ2) is 6.44. The Morgan fingerprint density at radius 1 is 1.12 bits per heavy atom. The first-order valence-electron chi connectivity index (χ1n) is 8.06. The lowest BCUT2D eigenvalue weighted by atomic mass is 9.87. The van der Waals surface area contributed by atoms with Gasteiger partial charge in [0.05, 0.1) is 5.69 Å². The van der Waals surface area contributed by atoms with Crippen LogP contribution in [0.4, 0.5) is 0 Å². The minimum atomic E-state index is -0.0256. The molecule has 24 heavy (non-hydrogen) atoms. The van der Waals surface area contributed by atoms with Crippen LogP contribution in [-0.4, -0.2) is 9.38 Å². The molecular weight excluding hydrogens is 316 g/mol. The van der Waals surface area contributed by atoms with Crippen molar-refractivity contribution in [1.29, 1.82) is 0 Å². The van der Waals surface area contributed by atoms with E-state index < -0.39 is 0 Å². The molecule has 0 spiro atoms. The van der Waals surface area contributed by atoms with Gasteiger partial charge in [-0.3, -0.25) is 9.20 Å². The summed E-state index contributed by atoms with van der Waals surface area (Å²) >= 11 is 1.71. The average Bonchev–Trinajstić information content (AvgIpc) is 2.53. The zero-order chi connectivity index (χ0) is 17.3. The highest BCUT2D eigenvalue weighted by molar-refractivity contribution is 7.98. The fraction of sp³-hybridized carbons (Fsp3) is 0.300. The minimum absolute atomic E-state index is 0.0256. The number of hydrogen-bond donors (Lipinski definition) is 0. The van der Waals surface area contributed by atoms with Gasteiger partial charge in [0.1, 0.15) is 5.65 Å². The summed E-state index contributed by atoms with van der Waals surface area (Å²) in [7, 11) is 0. The van der Waals surface area contributed by atoms with Crippen molar-refractivity contribution >= 4 is 17.4 Å². The summed E-state index contributed by atoms with van der Waals surface area (Å²) in [6.45, 7) is 8.61. The van der Waals surface area contributed by atoms with Crippen LogP contribution >= 0.6 is 11.8 Å². The molecule has 0 fully saturated rings. The third-order valence-electron chi connectivity index (χ3n) is 4.05. The molecule has 2 heterocycles. The monoisotopic (exact) mass is 338 g/mol. The fourth-order valence-corrected chi connectivity index (χ4v) is 3.38. The normalized spacial score (nSPS) is 11.8. The Morgan fingerprint density at radius 2 is 1.83 bits per heavy atom. The molecule has 124 valence electrons. The highest BCUT2D eigenvalue weighted by Gasteiger charge is 2.13. The van der Waals surface area contributed by atoms with Crippen molar-refractivity contribution in [1.82, 2.24) is 9.38 Å². The number of hydrogen-bond acceptors (Lipinski definition) is 3. The first-order chi connectivity index (χ1) is 11.3. The third-order valence-corrected chi connectivity index (χ3v) is 5.09. The van der Waals surface area contributed by atoms with Crippen molar-refractivity contribution in [3.8, 4) is 0 Å². The molecule has 0 N–H and O–H groups in total. The molecule has 0 saturated carbocycles. The number of aromatic nitrogens is 2. The number of rotatable bonds is 3. The Labute approximate surface area is 146 Å². The number of fused-ring (bicyclic) bond motifs is 1. The molecule has 0 saturated heterocycles. The van der Waals surface area contributed by atoms with Gasteiger partial charge in [-0.1, -0.05) is 39.0 Å². The molecule has 0 amide bonds. The molecular formula is C20H22N2OS. The highest BCUT2D eigenvalue weighted by Crippen LogP contribution is 2.27. The maximum absolute atomic E-state index is 12.2. The van der Waals surface area contributed by atoms with Crippen molar-refractivity contribution < 1.29 is 0 Å². The minimum Gasteiger partial charge on any atom is -0.269 e. The lowest BCUT2D eigenvalue weighted by Crippen LogP contribution is -2.15. The van der Waals surface area contributed by atoms with E-state index in [1.165, 1.54) is 10.5 Å². The van der Waals surface area contributed by atoms with E-state index in [2.05, 4.69) is 50.0 Å². The zero-order valence-electron chi connectivity index (χ0n) is 14.5. The SMILES string of the molecule is Cc1cccn2c(=O)cc(CSc3ccc(C(C)(C)C)cc3)nc12. The standard InChI is InChI=1S/C20H22N2OS/c1-14-6-5-11-22-18(23)12-16(21-19(14)22)13-24-17-9-7-15(8-10-17)20(2,3)4/h5-12H,13H2,1-4H3. The summed E-state index contributed by atoms with van der Waals surface area (Å²) in [5, 5.41) is 0. The molecule has 3 rings (SSSR count). The van der Waals surface area contributed by atoms with Crippen LogP contribution in [-0.2, 0) is 11.2 Å². The molecule has 0 unspecified atom stereocenters. The van der Waals surface area contributed by atoms with Crippen LogP contribution in [0.25, 0.3) is 5.65 Å². The zero-order valence-corrected chi connectivity index (χ0v) is 15.4. The Hall–Kier alpha value is -2.07. The summed E-state index contributed by atoms with van der Waals surface area (Å²) in [4.78, 5) is 18.1. The van der Waals surface area contributed by atoms with Crippen LogP contribution in [0.2, 0.25) is 0 Å². The van der Waals surface area contributed by atoms with Crippen LogP contribution in [0.15, 0.2) is 58.4 Å². The van der Waals surface area contributed by atoms with Gasteiger partial charge in [0.15, 0.2) is 0 Å². The lowest BCUT2D eigenvalue weighted by molar-refractivity contribution is 0.590. The molecule has 0 bridgehead atoms. The van der Waals surface area contributed by atoms with Gasteiger partial charge in [-0.15, -0.1) is 11.8 Å². The van der Waals surface area contributed by atoms with Gasteiger partial charge in [0.25, 0.3) is 5.56 Å². The van der Waals surface area contributed by atoms with Gasteiger partial charge >= 0.3 is 0 Å². The van der Waals surface area contributed by atoms with Crippen LogP contribution in [0.5, 0.6) is 0 Å². The third kappa shape index (κ3) is 3.54. The number of aryl methyl sites for hydroxylation is 1. The van der Waals surface area contributed by atoms with E-state index in [1.807, 2.05) is 19.1 Å². The smallest absolute Gasteiger partial charge is 0.258 e. The number of pyridine rings is 1. The van der Waals surface area contributed by atoms with Gasteiger partial charge in [-0.2, -0.15) is 0 Å². The van der Waals surface area contributed by atoms with Crippen LogP contribution in [0, 0.1) is 6.92 Å². The average molecular weight is 338 g/mol. The van der Waals surface area contributed by atoms with Crippen LogP contribution < -0.4 is 5.56 Å². The maximum atomic E-state index is 12.2. The van der Waals surface area contributed by atoms with Crippen molar-refractivity contribution in [3.63, 3.8) is 0 Å². The number of nitrogens with zero attached hydrogens (tertiary/aromatic N) is 2. The van der Waals surface area contributed by atoms with E-state index in [-0.39, 0.29) is 11.0 Å².